The highest BCUT2D eigenvalue weighted by Crippen LogP contribution is 2.41. The second-order valence-electron chi connectivity index (χ2n) is 7.64. The van der Waals surface area contributed by atoms with Crippen molar-refractivity contribution in [1.29, 1.82) is 0 Å². The summed E-state index contributed by atoms with van der Waals surface area (Å²) in [5.41, 5.74) is 2.81. The molecule has 1 aromatic rings. The van der Waals surface area contributed by atoms with Crippen LogP contribution in [0.25, 0.3) is 0 Å². The van der Waals surface area contributed by atoms with E-state index in [0.717, 1.165) is 37.3 Å². The Hall–Kier alpha value is -1.91. The van der Waals surface area contributed by atoms with Crippen LogP contribution in [0.2, 0.25) is 0 Å². The van der Waals surface area contributed by atoms with Crippen LogP contribution in [0.4, 0.5) is 0 Å². The zero-order valence-corrected chi connectivity index (χ0v) is 14.5. The van der Waals surface area contributed by atoms with Crippen molar-refractivity contribution in [2.45, 2.75) is 71.0 Å². The second-order valence-corrected chi connectivity index (χ2v) is 7.64. The average molecular weight is 327 g/mol. The maximum absolute atomic E-state index is 12.8. The minimum Gasteiger partial charge on any atom is -0.335 e. The number of carbonyl (C=O) groups is 1. The van der Waals surface area contributed by atoms with Crippen LogP contribution in [-0.4, -0.2) is 32.4 Å². The summed E-state index contributed by atoms with van der Waals surface area (Å²) in [5, 5.41) is 0. The molecule has 3 fully saturated rings. The molecule has 0 N–H and O–H groups in total. The second kappa shape index (κ2) is 5.87. The summed E-state index contributed by atoms with van der Waals surface area (Å²) in [5.74, 6) is 0.877. The third-order valence-electron chi connectivity index (χ3n) is 5.82. The lowest BCUT2D eigenvalue weighted by molar-refractivity contribution is -0.135. The molecule has 4 rings (SSSR count). The predicted molar refractivity (Wildman–Crippen MR) is 91.7 cm³/mol. The molecule has 3 heterocycles. The maximum Gasteiger partial charge on any atom is 0.256 e. The zero-order chi connectivity index (χ0) is 16.8. The summed E-state index contributed by atoms with van der Waals surface area (Å²) in [6.07, 6.45) is 10.9. The van der Waals surface area contributed by atoms with E-state index >= 15 is 0 Å². The topological polar surface area (TPSA) is 55.2 Å². The van der Waals surface area contributed by atoms with Gasteiger partial charge in [0.25, 0.3) is 5.56 Å². The van der Waals surface area contributed by atoms with E-state index in [9.17, 15) is 9.59 Å². The summed E-state index contributed by atoms with van der Waals surface area (Å²) in [7, 11) is 0. The number of fused-ring (bicyclic) bond motifs is 2. The molecule has 24 heavy (non-hydrogen) atoms. The first-order valence-electron chi connectivity index (χ1n) is 9.06. The van der Waals surface area contributed by atoms with E-state index in [1.807, 2.05) is 6.92 Å². The van der Waals surface area contributed by atoms with E-state index in [1.54, 1.807) is 12.5 Å². The number of hydrogen-bond acceptors (Lipinski definition) is 3. The number of amides is 1. The van der Waals surface area contributed by atoms with Crippen molar-refractivity contribution in [3.05, 3.63) is 39.6 Å². The third-order valence-corrected chi connectivity index (χ3v) is 5.82. The quantitative estimate of drug-likeness (QED) is 0.801. The van der Waals surface area contributed by atoms with E-state index < -0.39 is 0 Å². The predicted octanol–water partition coefficient (Wildman–Crippen LogP) is 2.35. The van der Waals surface area contributed by atoms with Gasteiger partial charge in [-0.1, -0.05) is 11.6 Å². The van der Waals surface area contributed by atoms with E-state index in [2.05, 4.69) is 16.0 Å². The normalized spacial score (nSPS) is 25.9. The van der Waals surface area contributed by atoms with E-state index in [0.29, 0.717) is 17.6 Å². The molecule has 0 spiro atoms. The average Bonchev–Trinajstić information content (AvgIpc) is 3.32. The number of aromatic nitrogens is 2. The van der Waals surface area contributed by atoms with Crippen LogP contribution in [0.1, 0.15) is 49.8 Å². The molecule has 5 nitrogen and oxygen atoms in total. The molecule has 0 aromatic carbocycles. The van der Waals surface area contributed by atoms with E-state index in [-0.39, 0.29) is 18.0 Å². The van der Waals surface area contributed by atoms with E-state index in [4.69, 9.17) is 0 Å². The fraction of sp³-hybridized carbons (Fsp3) is 0.632. The van der Waals surface area contributed by atoms with Crippen molar-refractivity contribution in [2.24, 2.45) is 5.92 Å². The Morgan fingerprint density at radius 2 is 1.88 bits per heavy atom. The lowest BCUT2D eigenvalue weighted by Gasteiger charge is -2.36. The fourth-order valence-corrected chi connectivity index (χ4v) is 4.21. The van der Waals surface area contributed by atoms with Gasteiger partial charge in [0.2, 0.25) is 5.91 Å². The first-order chi connectivity index (χ1) is 11.5. The molecule has 2 bridgehead atoms. The van der Waals surface area contributed by atoms with Crippen LogP contribution >= 0.6 is 0 Å². The standard InChI is InChI=1S/C19H25N3O2/c1-12-13(2)20-11-21(19(12)24)10-18(23)22-16-5-6-17(22)9-15(8-16)7-14-3-4-14/h7,11,14,16-17H,3-6,8-10H2,1-2H3. The van der Waals surface area contributed by atoms with Gasteiger partial charge in [-0.3, -0.25) is 14.2 Å². The first-order valence-corrected chi connectivity index (χ1v) is 9.06. The molecule has 1 aliphatic carbocycles. The van der Waals surface area contributed by atoms with Crippen LogP contribution in [0.3, 0.4) is 0 Å². The number of aryl methyl sites for hydroxylation is 1. The van der Waals surface area contributed by atoms with Gasteiger partial charge in [-0.05, 0) is 58.3 Å². The van der Waals surface area contributed by atoms with Gasteiger partial charge in [0.05, 0.1) is 6.33 Å². The molecule has 1 saturated carbocycles. The van der Waals surface area contributed by atoms with Crippen molar-refractivity contribution in [2.75, 3.05) is 0 Å². The van der Waals surface area contributed by atoms with Crippen molar-refractivity contribution < 1.29 is 4.79 Å². The van der Waals surface area contributed by atoms with Crippen molar-refractivity contribution >= 4 is 5.91 Å². The van der Waals surface area contributed by atoms with Crippen LogP contribution in [0.5, 0.6) is 0 Å². The van der Waals surface area contributed by atoms with Crippen LogP contribution in [0, 0.1) is 19.8 Å². The minimum atomic E-state index is -0.102. The number of carbonyl (C=O) groups excluding carboxylic acids is 1. The summed E-state index contributed by atoms with van der Waals surface area (Å²) >= 11 is 0. The Balaban J connectivity index is 1.50. The molecule has 0 radical (unpaired) electrons. The third kappa shape index (κ3) is 2.80. The minimum absolute atomic E-state index is 0.0696. The molecule has 2 atom stereocenters. The highest BCUT2D eigenvalue weighted by Gasteiger charge is 2.41. The number of nitrogens with zero attached hydrogens (tertiary/aromatic N) is 3. The number of hydrogen-bond donors (Lipinski definition) is 0. The van der Waals surface area contributed by atoms with Crippen LogP contribution in [-0.2, 0) is 11.3 Å². The molecule has 1 aromatic heterocycles. The lowest BCUT2D eigenvalue weighted by Crippen LogP contribution is -2.47. The smallest absolute Gasteiger partial charge is 0.256 e. The van der Waals surface area contributed by atoms with Crippen molar-refractivity contribution in [3.8, 4) is 0 Å². The molecular weight excluding hydrogens is 302 g/mol. The molecular formula is C19H25N3O2. The number of piperidine rings is 1. The Kier molecular flexibility index (Phi) is 3.82. The number of rotatable bonds is 3. The van der Waals surface area contributed by atoms with Gasteiger partial charge in [-0.25, -0.2) is 4.98 Å². The van der Waals surface area contributed by atoms with Gasteiger partial charge in [0, 0.05) is 23.3 Å². The van der Waals surface area contributed by atoms with Gasteiger partial charge in [-0.15, -0.1) is 0 Å². The van der Waals surface area contributed by atoms with Crippen molar-refractivity contribution in [3.63, 3.8) is 0 Å². The summed E-state index contributed by atoms with van der Waals surface area (Å²) < 4.78 is 1.46. The summed E-state index contributed by atoms with van der Waals surface area (Å²) in [6.45, 7) is 3.70. The van der Waals surface area contributed by atoms with Gasteiger partial charge in [-0.2, -0.15) is 0 Å². The van der Waals surface area contributed by atoms with Gasteiger partial charge in [0.15, 0.2) is 0 Å². The largest absolute Gasteiger partial charge is 0.335 e. The van der Waals surface area contributed by atoms with Crippen molar-refractivity contribution in [1.82, 2.24) is 14.5 Å². The summed E-state index contributed by atoms with van der Waals surface area (Å²) in [4.78, 5) is 31.4. The van der Waals surface area contributed by atoms with Gasteiger partial charge >= 0.3 is 0 Å². The van der Waals surface area contributed by atoms with Gasteiger partial charge in [0.1, 0.15) is 6.54 Å². The molecule has 3 aliphatic rings. The monoisotopic (exact) mass is 327 g/mol. The maximum atomic E-state index is 12.8. The molecule has 2 aliphatic heterocycles. The van der Waals surface area contributed by atoms with Crippen LogP contribution in [0.15, 0.2) is 22.8 Å². The highest BCUT2D eigenvalue weighted by atomic mass is 16.2. The molecule has 2 saturated heterocycles. The van der Waals surface area contributed by atoms with E-state index in [1.165, 1.54) is 23.7 Å². The first kappa shape index (κ1) is 15.6. The van der Waals surface area contributed by atoms with Gasteiger partial charge < -0.3 is 4.90 Å². The lowest BCUT2D eigenvalue weighted by atomic mass is 9.95. The fourth-order valence-electron chi connectivity index (χ4n) is 4.21. The number of allylic oxidation sites excluding steroid dienone is 1. The zero-order valence-electron chi connectivity index (χ0n) is 14.5. The highest BCUT2D eigenvalue weighted by molar-refractivity contribution is 5.77. The molecule has 1 amide bonds. The SMILES string of the molecule is Cc1ncn(CC(=O)N2C3CCC2CC(=CC2CC2)C3)c(=O)c1C. The Bertz CT molecular complexity index is 744. The Morgan fingerprint density at radius 1 is 1.21 bits per heavy atom. The Labute approximate surface area is 142 Å². The molecule has 128 valence electrons. The Morgan fingerprint density at radius 3 is 2.50 bits per heavy atom. The summed E-state index contributed by atoms with van der Waals surface area (Å²) in [6, 6.07) is 0.660. The molecule has 5 heteroatoms. The molecule has 2 unspecified atom stereocenters. The van der Waals surface area contributed by atoms with Crippen LogP contribution < -0.4 is 5.56 Å².